The van der Waals surface area contributed by atoms with Crippen LogP contribution >= 0.6 is 0 Å². The van der Waals surface area contributed by atoms with Crippen LogP contribution in [0.1, 0.15) is 54.5 Å². The molecule has 0 fully saturated rings. The summed E-state index contributed by atoms with van der Waals surface area (Å²) in [5.74, 6) is 0.00753. The summed E-state index contributed by atoms with van der Waals surface area (Å²) in [4.78, 5) is 26.0. The van der Waals surface area contributed by atoms with E-state index in [-0.39, 0.29) is 72.1 Å². The van der Waals surface area contributed by atoms with Crippen molar-refractivity contribution in [1.29, 1.82) is 0 Å². The van der Waals surface area contributed by atoms with Gasteiger partial charge in [0.05, 0.1) is 0 Å². The van der Waals surface area contributed by atoms with Crippen molar-refractivity contribution in [2.45, 2.75) is 53.9 Å². The van der Waals surface area contributed by atoms with E-state index in [0.29, 0.717) is 0 Å². The molecule has 15 rings (SSSR count). The van der Waals surface area contributed by atoms with Crippen LogP contribution in [0.5, 0.6) is 0 Å². The van der Waals surface area contributed by atoms with E-state index in [1.807, 2.05) is 251 Å². The van der Waals surface area contributed by atoms with Crippen molar-refractivity contribution in [3.05, 3.63) is 398 Å². The zero-order chi connectivity index (χ0) is 68.8. The molecule has 0 saturated heterocycles. The summed E-state index contributed by atoms with van der Waals surface area (Å²) >= 11 is 0. The summed E-state index contributed by atoms with van der Waals surface area (Å²) in [5.41, 5.74) is 24.9. The fraction of sp³-hybridized carbons (Fsp3) is 0.0870. The van der Waals surface area contributed by atoms with Crippen molar-refractivity contribution in [2.24, 2.45) is 0 Å². The molecule has 0 bridgehead atoms. The maximum absolute atomic E-state index is 13.9. The predicted molar refractivity (Wildman–Crippen MR) is 405 cm³/mol. The molecule has 6 aromatic heterocycles. The summed E-state index contributed by atoms with van der Waals surface area (Å²) in [6.07, 6.45) is 11.9. The van der Waals surface area contributed by atoms with Crippen LogP contribution in [0.25, 0.3) is 101 Å². The van der Waals surface area contributed by atoms with Gasteiger partial charge < -0.3 is 29.9 Å². The molecule has 513 valence electrons. The number of aromatic nitrogens is 6. The average molecular weight is 1860 g/mol. The molecule has 3 radical (unpaired) electrons. The van der Waals surface area contributed by atoms with Crippen LogP contribution in [0.15, 0.2) is 328 Å². The Morgan fingerprint density at radius 2 is 0.578 bits per heavy atom. The zero-order valence-electron chi connectivity index (χ0n) is 57.5. The van der Waals surface area contributed by atoms with Crippen molar-refractivity contribution in [3.63, 3.8) is 0 Å². The van der Waals surface area contributed by atoms with E-state index in [4.69, 9.17) is 0 Å². The summed E-state index contributed by atoms with van der Waals surface area (Å²) < 4.78 is 13.9. The van der Waals surface area contributed by atoms with Gasteiger partial charge in [-0.1, -0.05) is 118 Å². The minimum Gasteiger partial charge on any atom is -0.305 e. The summed E-state index contributed by atoms with van der Waals surface area (Å²) in [5, 5.41) is 0. The smallest absolute Gasteiger partial charge is 0.126 e. The van der Waals surface area contributed by atoms with Gasteiger partial charge in [-0.3, -0.25) is 0 Å². The van der Waals surface area contributed by atoms with Crippen LogP contribution in [-0.2, 0) is 66.7 Å². The maximum atomic E-state index is 13.9. The number of hydrogen-bond donors (Lipinski definition) is 0. The van der Waals surface area contributed by atoms with Crippen LogP contribution in [0, 0.1) is 63.0 Å². The van der Waals surface area contributed by atoms with E-state index >= 15 is 0 Å². The monoisotopic (exact) mass is 1860 g/mol. The number of aryl methyl sites for hydroxylation is 4. The molecule has 9 aromatic carbocycles. The first-order valence-corrected chi connectivity index (χ1v) is 33.0. The van der Waals surface area contributed by atoms with E-state index in [1.54, 1.807) is 30.9 Å². The molecular formula is C92H75FIr3N6-6. The minimum absolute atomic E-state index is 0. The first-order valence-electron chi connectivity index (χ1n) is 33.0. The number of nitrogens with zero attached hydrogens (tertiary/aromatic N) is 6. The Hall–Kier alpha value is -10.2. The van der Waals surface area contributed by atoms with Gasteiger partial charge >= 0.3 is 0 Å². The van der Waals surface area contributed by atoms with Gasteiger partial charge in [-0.15, -0.1) is 215 Å². The molecular weight excluding hydrogens is 1780 g/mol. The molecule has 6 heterocycles. The normalized spacial score (nSPS) is 10.0. The molecule has 0 aliphatic heterocycles. The largest absolute Gasteiger partial charge is 0.305 e. The standard InChI is InChI=1S/C20H17FN.C20H18N.C19H16N.3C11H8N.3Ir/c1-14(2)18-12-16(8-9-19(18)21)17-10-11-22-20(13-17)15-6-4-3-5-7-15;1-3-16-13-18(10-9-15(16)2)19-11-12-21-20(14-19)17-7-5-4-6-8-17;1-14-8-9-17(12-15(14)2)18-10-11-20-19(13-18)16-6-4-3-5-7-16;3*1-2-6-10(7-3-1)11-8-4-5-9-12-11;;;/h3-6,8-14H,1-2H3;4-7,9-14H,3H2,1-2H3;3-6,8-13H,1-2H3;3*1-6,8-9H;;;/q6*-1;;;. The van der Waals surface area contributed by atoms with E-state index in [0.717, 1.165) is 90.7 Å². The van der Waals surface area contributed by atoms with Crippen molar-refractivity contribution < 1.29 is 64.7 Å². The number of rotatable bonds is 11. The van der Waals surface area contributed by atoms with Crippen LogP contribution in [-0.4, -0.2) is 29.9 Å². The Balaban J connectivity index is 0.000000174. The third-order valence-corrected chi connectivity index (χ3v) is 16.0. The predicted octanol–water partition coefficient (Wildman–Crippen LogP) is 23.0. The molecule has 0 aliphatic rings. The van der Waals surface area contributed by atoms with Gasteiger partial charge in [0.25, 0.3) is 0 Å². The SMILES string of the molecule is CC(C)c1cc(-c2ccnc(-c3[c-]cccc3)c2)ccc1F.CCc1cc(-c2ccnc(-c3[c-]cccc3)c2)ccc1C.Cc1ccc(-c2ccnc(-c3[c-]cccc3)c2)cc1C.[Ir].[Ir].[Ir].[c-]1ccccc1-c1ccccn1.[c-]1ccccc1-c1ccccn1.[c-]1ccccc1-c1ccccn1. The third-order valence-electron chi connectivity index (χ3n) is 16.0. The second kappa shape index (κ2) is 42.1. The van der Waals surface area contributed by atoms with E-state index in [1.165, 1.54) is 44.5 Å². The first kappa shape index (κ1) is 79.1. The van der Waals surface area contributed by atoms with Gasteiger partial charge in [-0.05, 0) is 177 Å². The van der Waals surface area contributed by atoms with Crippen LogP contribution < -0.4 is 0 Å². The summed E-state index contributed by atoms with van der Waals surface area (Å²) in [7, 11) is 0. The number of hydrogen-bond acceptors (Lipinski definition) is 6. The molecule has 0 atom stereocenters. The van der Waals surface area contributed by atoms with Gasteiger partial charge in [-0.25, -0.2) is 4.39 Å². The fourth-order valence-electron chi connectivity index (χ4n) is 10.5. The van der Waals surface area contributed by atoms with E-state index < -0.39 is 0 Å². The molecule has 0 aliphatic carbocycles. The van der Waals surface area contributed by atoms with Gasteiger partial charge in [0.15, 0.2) is 0 Å². The Morgan fingerprint density at radius 1 is 0.284 bits per heavy atom. The second-order valence-electron chi connectivity index (χ2n) is 23.3. The molecule has 0 amide bonds. The van der Waals surface area contributed by atoms with Crippen LogP contribution in [0.2, 0.25) is 0 Å². The first-order chi connectivity index (χ1) is 48.6. The topological polar surface area (TPSA) is 77.3 Å². The molecule has 0 N–H and O–H groups in total. The molecule has 10 heteroatoms. The fourth-order valence-corrected chi connectivity index (χ4v) is 10.5. The molecule has 102 heavy (non-hydrogen) atoms. The third kappa shape index (κ3) is 23.7. The number of pyridine rings is 6. The number of benzene rings is 9. The average Bonchev–Trinajstić information content (AvgIpc) is 0.839. The Kier molecular flexibility index (Phi) is 32.7. The molecule has 15 aromatic rings. The van der Waals surface area contributed by atoms with Crippen LogP contribution in [0.3, 0.4) is 0 Å². The molecule has 0 unspecified atom stereocenters. The van der Waals surface area contributed by atoms with Gasteiger partial charge in [0, 0.05) is 97.5 Å². The van der Waals surface area contributed by atoms with Crippen molar-refractivity contribution in [2.75, 3.05) is 0 Å². The van der Waals surface area contributed by atoms with Gasteiger partial charge in [-0.2, -0.15) is 0 Å². The molecule has 6 nitrogen and oxygen atoms in total. The van der Waals surface area contributed by atoms with Crippen molar-refractivity contribution in [3.8, 4) is 101 Å². The zero-order valence-corrected chi connectivity index (χ0v) is 64.7. The van der Waals surface area contributed by atoms with E-state index in [9.17, 15) is 4.39 Å². The quantitative estimate of drug-likeness (QED) is 0.120. The Morgan fingerprint density at radius 3 is 0.882 bits per heavy atom. The summed E-state index contributed by atoms with van der Waals surface area (Å²) in [6.45, 7) is 12.6. The van der Waals surface area contributed by atoms with Crippen LogP contribution in [0.4, 0.5) is 4.39 Å². The van der Waals surface area contributed by atoms with Gasteiger partial charge in [0.2, 0.25) is 0 Å². The maximum Gasteiger partial charge on any atom is 0.126 e. The van der Waals surface area contributed by atoms with Crippen molar-refractivity contribution in [1.82, 2.24) is 29.9 Å². The second-order valence-corrected chi connectivity index (χ2v) is 23.3. The van der Waals surface area contributed by atoms with Crippen molar-refractivity contribution >= 4 is 0 Å². The Labute approximate surface area is 642 Å². The number of halogens is 1. The summed E-state index contributed by atoms with van der Waals surface area (Å²) in [6, 6.07) is 115. The Bertz CT molecular complexity index is 4580. The van der Waals surface area contributed by atoms with Gasteiger partial charge in [0.1, 0.15) is 5.82 Å². The minimum atomic E-state index is -0.149. The molecule has 0 saturated carbocycles. The van der Waals surface area contributed by atoms with E-state index in [2.05, 4.69) is 155 Å². The molecule has 0 spiro atoms.